The maximum Gasteiger partial charge on any atom is 0.146 e. The Kier molecular flexibility index (Phi) is 5.32. The van der Waals surface area contributed by atoms with Crippen LogP contribution in [0.2, 0.25) is 5.02 Å². The van der Waals surface area contributed by atoms with Crippen molar-refractivity contribution in [2.75, 3.05) is 0 Å². The van der Waals surface area contributed by atoms with Crippen LogP contribution in [0.5, 0.6) is 0 Å². The highest BCUT2D eigenvalue weighted by Crippen LogP contribution is 2.21. The van der Waals surface area contributed by atoms with E-state index in [1.165, 1.54) is 6.07 Å². The van der Waals surface area contributed by atoms with Gasteiger partial charge in [0, 0.05) is 23.2 Å². The van der Waals surface area contributed by atoms with Crippen LogP contribution in [-0.2, 0) is 6.54 Å². The molecule has 0 fully saturated rings. The van der Waals surface area contributed by atoms with Gasteiger partial charge >= 0.3 is 0 Å². The van der Waals surface area contributed by atoms with Gasteiger partial charge in [-0.15, -0.1) is 0 Å². The zero-order chi connectivity index (χ0) is 15.4. The number of pyridine rings is 1. The van der Waals surface area contributed by atoms with E-state index in [1.54, 1.807) is 18.2 Å². The molecular formula is C17H20ClFN2. The third kappa shape index (κ3) is 4.26. The number of benzene rings is 1. The van der Waals surface area contributed by atoms with Crippen LogP contribution in [0.1, 0.15) is 26.5 Å². The van der Waals surface area contributed by atoms with Crippen molar-refractivity contribution in [3.63, 3.8) is 0 Å². The van der Waals surface area contributed by atoms with Gasteiger partial charge in [0.15, 0.2) is 0 Å². The molecule has 0 radical (unpaired) electrons. The molecule has 4 heteroatoms. The Morgan fingerprint density at radius 2 is 1.76 bits per heavy atom. The molecule has 0 spiro atoms. The van der Waals surface area contributed by atoms with E-state index in [4.69, 9.17) is 11.6 Å². The average molecular weight is 307 g/mol. The number of nitrogens with zero attached hydrogens (tertiary/aromatic N) is 1. The van der Waals surface area contributed by atoms with Crippen LogP contribution >= 0.6 is 11.6 Å². The standard InChI is InChI=1S/C17H20ClFN2/c1-11(2)12(3)20-10-17-15(19)8-9-16(21-17)13-4-6-14(18)7-5-13/h4-9,11-12,20H,10H2,1-3H3/t12-/m1/s1. The first-order valence-electron chi connectivity index (χ1n) is 7.12. The Bertz CT molecular complexity index is 596. The molecule has 112 valence electrons. The van der Waals surface area contributed by atoms with E-state index in [1.807, 2.05) is 12.1 Å². The van der Waals surface area contributed by atoms with Gasteiger partial charge in [0.25, 0.3) is 0 Å². The number of hydrogen-bond donors (Lipinski definition) is 1. The van der Waals surface area contributed by atoms with E-state index in [0.29, 0.717) is 29.2 Å². The summed E-state index contributed by atoms with van der Waals surface area (Å²) >= 11 is 5.88. The minimum absolute atomic E-state index is 0.281. The van der Waals surface area contributed by atoms with Crippen molar-refractivity contribution >= 4 is 11.6 Å². The maximum absolute atomic E-state index is 13.9. The quantitative estimate of drug-likeness (QED) is 0.868. The smallest absolute Gasteiger partial charge is 0.146 e. The van der Waals surface area contributed by atoms with E-state index in [0.717, 1.165) is 11.3 Å². The van der Waals surface area contributed by atoms with Crippen molar-refractivity contribution in [3.05, 3.63) is 52.9 Å². The molecule has 0 aliphatic carbocycles. The fourth-order valence-electron chi connectivity index (χ4n) is 1.88. The van der Waals surface area contributed by atoms with Gasteiger partial charge in [0.2, 0.25) is 0 Å². The first-order chi connectivity index (χ1) is 9.97. The largest absolute Gasteiger partial charge is 0.308 e. The number of aromatic nitrogens is 1. The fourth-order valence-corrected chi connectivity index (χ4v) is 2.01. The van der Waals surface area contributed by atoms with E-state index < -0.39 is 0 Å². The molecule has 1 heterocycles. The summed E-state index contributed by atoms with van der Waals surface area (Å²) in [5.74, 6) is 0.212. The Labute approximate surface area is 130 Å². The van der Waals surface area contributed by atoms with Crippen molar-refractivity contribution in [1.82, 2.24) is 10.3 Å². The first kappa shape index (κ1) is 15.9. The Morgan fingerprint density at radius 1 is 1.10 bits per heavy atom. The van der Waals surface area contributed by atoms with Crippen molar-refractivity contribution in [1.29, 1.82) is 0 Å². The van der Waals surface area contributed by atoms with E-state index in [-0.39, 0.29) is 5.82 Å². The van der Waals surface area contributed by atoms with Gasteiger partial charge in [-0.25, -0.2) is 9.37 Å². The predicted octanol–water partition coefficient (Wildman–Crippen LogP) is 4.68. The molecule has 0 amide bonds. The molecular weight excluding hydrogens is 287 g/mol. The summed E-state index contributed by atoms with van der Waals surface area (Å²) < 4.78 is 13.9. The molecule has 21 heavy (non-hydrogen) atoms. The van der Waals surface area contributed by atoms with Crippen LogP contribution in [0.25, 0.3) is 11.3 Å². The van der Waals surface area contributed by atoms with Crippen LogP contribution in [0.4, 0.5) is 4.39 Å². The first-order valence-corrected chi connectivity index (χ1v) is 7.50. The molecule has 0 unspecified atom stereocenters. The number of halogens is 2. The molecule has 0 saturated carbocycles. The second kappa shape index (κ2) is 7.01. The zero-order valence-corrected chi connectivity index (χ0v) is 13.3. The topological polar surface area (TPSA) is 24.9 Å². The molecule has 1 aromatic carbocycles. The summed E-state index contributed by atoms with van der Waals surface area (Å²) in [7, 11) is 0. The second-order valence-electron chi connectivity index (χ2n) is 5.55. The fraction of sp³-hybridized carbons (Fsp3) is 0.353. The minimum atomic E-state index is -0.281. The summed E-state index contributed by atoms with van der Waals surface area (Å²) in [5, 5.41) is 3.98. The third-order valence-electron chi connectivity index (χ3n) is 3.65. The summed E-state index contributed by atoms with van der Waals surface area (Å²) in [5.41, 5.74) is 2.12. The van der Waals surface area contributed by atoms with E-state index >= 15 is 0 Å². The van der Waals surface area contributed by atoms with Crippen molar-refractivity contribution in [2.45, 2.75) is 33.4 Å². The SMILES string of the molecule is CC(C)[C@@H](C)NCc1nc(-c2ccc(Cl)cc2)ccc1F. The Hall–Kier alpha value is -1.45. The van der Waals surface area contributed by atoms with E-state index in [9.17, 15) is 4.39 Å². The van der Waals surface area contributed by atoms with Gasteiger partial charge in [0.1, 0.15) is 5.82 Å². The molecule has 2 nitrogen and oxygen atoms in total. The number of nitrogens with one attached hydrogen (secondary N) is 1. The predicted molar refractivity (Wildman–Crippen MR) is 85.8 cm³/mol. The van der Waals surface area contributed by atoms with Gasteiger partial charge in [0.05, 0.1) is 11.4 Å². The molecule has 0 aliphatic rings. The zero-order valence-electron chi connectivity index (χ0n) is 12.5. The number of rotatable bonds is 5. The van der Waals surface area contributed by atoms with Crippen molar-refractivity contribution < 1.29 is 4.39 Å². The Morgan fingerprint density at radius 3 is 2.38 bits per heavy atom. The highest BCUT2D eigenvalue weighted by atomic mass is 35.5. The minimum Gasteiger partial charge on any atom is -0.308 e. The highest BCUT2D eigenvalue weighted by Gasteiger charge is 2.10. The summed E-state index contributed by atoms with van der Waals surface area (Å²) in [6.45, 7) is 6.77. The average Bonchev–Trinajstić information content (AvgIpc) is 2.47. The highest BCUT2D eigenvalue weighted by molar-refractivity contribution is 6.30. The van der Waals surface area contributed by atoms with Crippen LogP contribution in [0.3, 0.4) is 0 Å². The molecule has 1 N–H and O–H groups in total. The van der Waals surface area contributed by atoms with Gasteiger partial charge < -0.3 is 5.32 Å². The molecule has 0 bridgehead atoms. The van der Waals surface area contributed by atoms with Gasteiger partial charge in [-0.3, -0.25) is 0 Å². The lowest BCUT2D eigenvalue weighted by Crippen LogP contribution is -2.30. The molecule has 2 aromatic rings. The third-order valence-corrected chi connectivity index (χ3v) is 3.90. The summed E-state index contributed by atoms with van der Waals surface area (Å²) in [4.78, 5) is 4.42. The Balaban J connectivity index is 2.19. The van der Waals surface area contributed by atoms with Crippen molar-refractivity contribution in [2.24, 2.45) is 5.92 Å². The lowest BCUT2D eigenvalue weighted by Gasteiger charge is -2.17. The molecule has 1 atom stereocenters. The summed E-state index contributed by atoms with van der Waals surface area (Å²) in [6.07, 6.45) is 0. The van der Waals surface area contributed by atoms with E-state index in [2.05, 4.69) is 31.1 Å². The lowest BCUT2D eigenvalue weighted by atomic mass is 10.1. The van der Waals surface area contributed by atoms with Gasteiger partial charge in [-0.1, -0.05) is 37.6 Å². The van der Waals surface area contributed by atoms with Crippen molar-refractivity contribution in [3.8, 4) is 11.3 Å². The van der Waals surface area contributed by atoms with Crippen LogP contribution in [0, 0.1) is 11.7 Å². The molecule has 0 saturated heterocycles. The molecule has 2 rings (SSSR count). The van der Waals surface area contributed by atoms with Crippen LogP contribution < -0.4 is 5.32 Å². The summed E-state index contributed by atoms with van der Waals surface area (Å²) in [6, 6.07) is 10.8. The maximum atomic E-state index is 13.9. The van der Waals surface area contributed by atoms with Crippen LogP contribution in [-0.4, -0.2) is 11.0 Å². The lowest BCUT2D eigenvalue weighted by molar-refractivity contribution is 0.418. The molecule has 1 aromatic heterocycles. The molecule has 0 aliphatic heterocycles. The van der Waals surface area contributed by atoms with Gasteiger partial charge in [-0.05, 0) is 37.1 Å². The second-order valence-corrected chi connectivity index (χ2v) is 5.98. The monoisotopic (exact) mass is 306 g/mol. The van der Waals surface area contributed by atoms with Crippen LogP contribution in [0.15, 0.2) is 36.4 Å². The van der Waals surface area contributed by atoms with Gasteiger partial charge in [-0.2, -0.15) is 0 Å². The normalized spacial score (nSPS) is 12.7. The number of hydrogen-bond acceptors (Lipinski definition) is 2.